The van der Waals surface area contributed by atoms with E-state index in [1.807, 2.05) is 13.0 Å². The number of anilines is 1. The molecule has 1 amide bonds. The van der Waals surface area contributed by atoms with Gasteiger partial charge in [0.2, 0.25) is 0 Å². The summed E-state index contributed by atoms with van der Waals surface area (Å²) in [6.07, 6.45) is 1.37. The second-order valence-electron chi connectivity index (χ2n) is 3.73. The van der Waals surface area contributed by atoms with Gasteiger partial charge in [0, 0.05) is 6.20 Å². The molecular formula is C12H13N5O2. The quantitative estimate of drug-likeness (QED) is 0.896. The summed E-state index contributed by atoms with van der Waals surface area (Å²) < 4.78 is 5.22. The number of ether oxygens (including phenoxy) is 1. The molecular weight excluding hydrogens is 246 g/mol. The molecule has 1 heterocycles. The molecule has 0 fully saturated rings. The summed E-state index contributed by atoms with van der Waals surface area (Å²) in [5, 5.41) is 13.7. The molecule has 0 unspecified atom stereocenters. The minimum Gasteiger partial charge on any atom is -0.496 e. The van der Waals surface area contributed by atoms with Crippen LogP contribution in [-0.2, 0) is 0 Å². The number of nitrogens with zero attached hydrogens (tertiary/aromatic N) is 4. The predicted octanol–water partition coefficient (Wildman–Crippen LogP) is 1.34. The van der Waals surface area contributed by atoms with E-state index < -0.39 is 0 Å². The molecule has 2 aromatic rings. The number of rotatable bonds is 4. The molecule has 19 heavy (non-hydrogen) atoms. The Hall–Kier alpha value is -2.70. The number of hydrogen-bond donors (Lipinski definition) is 1. The molecule has 1 aromatic heterocycles. The second-order valence-corrected chi connectivity index (χ2v) is 3.73. The van der Waals surface area contributed by atoms with Crippen LogP contribution in [0.25, 0.3) is 6.20 Å². The molecule has 0 aliphatic heterocycles. The van der Waals surface area contributed by atoms with Gasteiger partial charge in [0.1, 0.15) is 5.75 Å². The van der Waals surface area contributed by atoms with E-state index >= 15 is 0 Å². The van der Waals surface area contributed by atoms with Gasteiger partial charge in [-0.3, -0.25) is 10.1 Å². The van der Waals surface area contributed by atoms with Crippen molar-refractivity contribution in [2.24, 2.45) is 0 Å². The van der Waals surface area contributed by atoms with Crippen molar-refractivity contribution in [1.29, 1.82) is 0 Å². The number of nitrogens with one attached hydrogen (secondary N) is 1. The van der Waals surface area contributed by atoms with E-state index in [0.29, 0.717) is 11.3 Å². The maximum absolute atomic E-state index is 12.1. The highest BCUT2D eigenvalue weighted by molar-refractivity contribution is 6.05. The standard InChI is InChI=1S/C12H13N5O2/c1-4-17-15-12(14-16-17)13-11(18)9-7-5-6-8(2)10(9)19-3/h4-7H,1H2,2-3H3,(H,13,15,18). The van der Waals surface area contributed by atoms with Gasteiger partial charge in [-0.2, -0.15) is 0 Å². The lowest BCUT2D eigenvalue weighted by molar-refractivity contribution is 0.102. The summed E-state index contributed by atoms with van der Waals surface area (Å²) in [4.78, 5) is 13.3. The molecule has 0 aliphatic rings. The zero-order valence-corrected chi connectivity index (χ0v) is 10.6. The molecule has 0 atom stereocenters. The fourth-order valence-corrected chi connectivity index (χ4v) is 1.62. The van der Waals surface area contributed by atoms with Gasteiger partial charge in [0.15, 0.2) is 0 Å². The zero-order valence-electron chi connectivity index (χ0n) is 10.6. The molecule has 0 aliphatic carbocycles. The molecule has 0 saturated heterocycles. The summed E-state index contributed by atoms with van der Waals surface area (Å²) in [6, 6.07) is 5.31. The number of methoxy groups -OCH3 is 1. The number of aryl methyl sites for hydroxylation is 1. The van der Waals surface area contributed by atoms with Crippen LogP contribution in [0.3, 0.4) is 0 Å². The molecule has 1 N–H and O–H groups in total. The normalized spacial score (nSPS) is 10.0. The average Bonchev–Trinajstić information content (AvgIpc) is 2.86. The van der Waals surface area contributed by atoms with Crippen molar-refractivity contribution in [2.75, 3.05) is 12.4 Å². The molecule has 0 bridgehead atoms. The van der Waals surface area contributed by atoms with E-state index in [-0.39, 0.29) is 11.9 Å². The van der Waals surface area contributed by atoms with E-state index in [2.05, 4.69) is 27.3 Å². The summed E-state index contributed by atoms with van der Waals surface area (Å²) in [5.41, 5.74) is 1.29. The molecule has 98 valence electrons. The fourth-order valence-electron chi connectivity index (χ4n) is 1.62. The van der Waals surface area contributed by atoms with Gasteiger partial charge in [-0.05, 0) is 23.8 Å². The number of benzene rings is 1. The Labute approximate surface area is 109 Å². The number of amides is 1. The average molecular weight is 259 g/mol. The van der Waals surface area contributed by atoms with Crippen molar-refractivity contribution in [2.45, 2.75) is 6.92 Å². The topological polar surface area (TPSA) is 81.9 Å². The highest BCUT2D eigenvalue weighted by Crippen LogP contribution is 2.23. The number of carbonyl (C=O) groups is 1. The molecule has 7 heteroatoms. The van der Waals surface area contributed by atoms with Crippen molar-refractivity contribution < 1.29 is 9.53 Å². The maximum atomic E-state index is 12.1. The Kier molecular flexibility index (Phi) is 3.56. The molecule has 0 saturated carbocycles. The van der Waals surface area contributed by atoms with E-state index in [4.69, 9.17) is 4.74 Å². The lowest BCUT2D eigenvalue weighted by Crippen LogP contribution is -2.14. The van der Waals surface area contributed by atoms with Crippen LogP contribution >= 0.6 is 0 Å². The summed E-state index contributed by atoms with van der Waals surface area (Å²) in [7, 11) is 1.52. The lowest BCUT2D eigenvalue weighted by Gasteiger charge is -2.09. The van der Waals surface area contributed by atoms with Crippen molar-refractivity contribution >= 4 is 18.1 Å². The van der Waals surface area contributed by atoms with Crippen LogP contribution in [0.1, 0.15) is 15.9 Å². The van der Waals surface area contributed by atoms with Gasteiger partial charge >= 0.3 is 0 Å². The summed E-state index contributed by atoms with van der Waals surface area (Å²) >= 11 is 0. The largest absolute Gasteiger partial charge is 0.496 e. The Morgan fingerprint density at radius 3 is 2.95 bits per heavy atom. The Morgan fingerprint density at radius 1 is 1.53 bits per heavy atom. The summed E-state index contributed by atoms with van der Waals surface area (Å²) in [5.74, 6) is 0.272. The first kappa shape index (κ1) is 12.7. The van der Waals surface area contributed by atoms with Crippen molar-refractivity contribution in [3.8, 4) is 5.75 Å². The van der Waals surface area contributed by atoms with Crippen LogP contribution in [0, 0.1) is 6.92 Å². The van der Waals surface area contributed by atoms with Gasteiger partial charge in [-0.25, -0.2) is 0 Å². The third kappa shape index (κ3) is 2.59. The number of carbonyl (C=O) groups excluding carboxylic acids is 1. The fraction of sp³-hybridized carbons (Fsp3) is 0.167. The van der Waals surface area contributed by atoms with Crippen molar-refractivity contribution in [3.63, 3.8) is 0 Å². The summed E-state index contributed by atoms with van der Waals surface area (Å²) in [6.45, 7) is 5.35. The minimum absolute atomic E-state index is 0.105. The van der Waals surface area contributed by atoms with Crippen LogP contribution in [0.4, 0.5) is 5.95 Å². The third-order valence-electron chi connectivity index (χ3n) is 2.48. The molecule has 0 spiro atoms. The number of tetrazole rings is 1. The van der Waals surface area contributed by atoms with Gasteiger partial charge in [-0.1, -0.05) is 23.8 Å². The van der Waals surface area contributed by atoms with E-state index in [1.54, 1.807) is 12.1 Å². The smallest absolute Gasteiger partial charge is 0.270 e. The van der Waals surface area contributed by atoms with E-state index in [0.717, 1.165) is 10.4 Å². The van der Waals surface area contributed by atoms with Gasteiger partial charge in [0.05, 0.1) is 12.7 Å². The second kappa shape index (κ2) is 5.30. The van der Waals surface area contributed by atoms with Crippen LogP contribution in [0.2, 0.25) is 0 Å². The SMILES string of the molecule is C=Cn1nnc(NC(=O)c2cccc(C)c2OC)n1. The van der Waals surface area contributed by atoms with Gasteiger partial charge in [-0.15, -0.1) is 9.90 Å². The number of aromatic nitrogens is 4. The van der Waals surface area contributed by atoms with Crippen LogP contribution in [-0.4, -0.2) is 33.2 Å². The van der Waals surface area contributed by atoms with Crippen LogP contribution < -0.4 is 10.1 Å². The third-order valence-corrected chi connectivity index (χ3v) is 2.48. The minimum atomic E-state index is -0.357. The number of para-hydroxylation sites is 1. The first-order valence-corrected chi connectivity index (χ1v) is 5.52. The Balaban J connectivity index is 2.25. The molecule has 1 aromatic carbocycles. The van der Waals surface area contributed by atoms with Crippen LogP contribution in [0.15, 0.2) is 24.8 Å². The highest BCUT2D eigenvalue weighted by Gasteiger charge is 2.15. The van der Waals surface area contributed by atoms with E-state index in [1.165, 1.54) is 13.3 Å². The first-order valence-electron chi connectivity index (χ1n) is 5.52. The first-order chi connectivity index (χ1) is 9.15. The zero-order chi connectivity index (χ0) is 13.8. The lowest BCUT2D eigenvalue weighted by atomic mass is 10.1. The van der Waals surface area contributed by atoms with Crippen LogP contribution in [0.5, 0.6) is 5.75 Å². The van der Waals surface area contributed by atoms with Crippen molar-refractivity contribution in [1.82, 2.24) is 20.2 Å². The van der Waals surface area contributed by atoms with Crippen molar-refractivity contribution in [3.05, 3.63) is 35.9 Å². The monoisotopic (exact) mass is 259 g/mol. The molecule has 7 nitrogen and oxygen atoms in total. The maximum Gasteiger partial charge on any atom is 0.270 e. The molecule has 2 rings (SSSR count). The Bertz CT molecular complexity index is 620. The van der Waals surface area contributed by atoms with Gasteiger partial charge in [0.25, 0.3) is 11.9 Å². The van der Waals surface area contributed by atoms with E-state index in [9.17, 15) is 4.79 Å². The highest BCUT2D eigenvalue weighted by atomic mass is 16.5. The van der Waals surface area contributed by atoms with Gasteiger partial charge < -0.3 is 4.74 Å². The molecule has 0 radical (unpaired) electrons. The number of hydrogen-bond acceptors (Lipinski definition) is 5. The predicted molar refractivity (Wildman–Crippen MR) is 69.9 cm³/mol. The Morgan fingerprint density at radius 2 is 2.32 bits per heavy atom.